The summed E-state index contributed by atoms with van der Waals surface area (Å²) in [6, 6.07) is 17.4. The van der Waals surface area contributed by atoms with Crippen molar-refractivity contribution < 1.29 is 0 Å². The van der Waals surface area contributed by atoms with Crippen LogP contribution in [-0.2, 0) is 0 Å². The Bertz CT molecular complexity index is 705. The molecule has 94 valence electrons. The molecule has 2 nitrogen and oxygen atoms in total. The van der Waals surface area contributed by atoms with Gasteiger partial charge < -0.3 is 0 Å². The summed E-state index contributed by atoms with van der Waals surface area (Å²) in [5.74, 6) is 0. The largest absolute Gasteiger partial charge is 0.277 e. The molecule has 3 rings (SSSR count). The van der Waals surface area contributed by atoms with Crippen LogP contribution >= 0.6 is 23.2 Å². The van der Waals surface area contributed by atoms with Gasteiger partial charge in [0.25, 0.3) is 0 Å². The molecule has 0 aliphatic rings. The smallest absolute Gasteiger partial charge is 0.0927 e. The molecule has 0 fully saturated rings. The Balaban J connectivity index is 2.02. The first kappa shape index (κ1) is 12.3. The van der Waals surface area contributed by atoms with Crippen LogP contribution in [0.5, 0.6) is 0 Å². The van der Waals surface area contributed by atoms with Crippen molar-refractivity contribution in [3.05, 3.63) is 64.6 Å². The monoisotopic (exact) mass is 288 g/mol. The van der Waals surface area contributed by atoms with Crippen LogP contribution in [0.15, 0.2) is 54.6 Å². The minimum absolute atomic E-state index is 0.607. The van der Waals surface area contributed by atoms with Crippen molar-refractivity contribution in [1.82, 2.24) is 10.2 Å². The van der Waals surface area contributed by atoms with Gasteiger partial charge in [0.1, 0.15) is 0 Å². The van der Waals surface area contributed by atoms with Gasteiger partial charge in [-0.2, -0.15) is 5.10 Å². The Kier molecular flexibility index (Phi) is 3.28. The number of hydrogen-bond acceptors (Lipinski definition) is 1. The second-order valence-corrected chi connectivity index (χ2v) is 5.00. The normalized spacial score (nSPS) is 10.6. The Morgan fingerprint density at radius 2 is 1.68 bits per heavy atom. The minimum Gasteiger partial charge on any atom is -0.277 e. The third-order valence-corrected chi connectivity index (χ3v) is 3.42. The molecule has 0 aliphatic heterocycles. The van der Waals surface area contributed by atoms with Crippen LogP contribution in [0.4, 0.5) is 0 Å². The average molecular weight is 289 g/mol. The van der Waals surface area contributed by atoms with E-state index in [1.54, 1.807) is 6.07 Å². The zero-order valence-corrected chi connectivity index (χ0v) is 11.4. The van der Waals surface area contributed by atoms with Crippen molar-refractivity contribution in [2.45, 2.75) is 0 Å². The number of aromatic amines is 1. The van der Waals surface area contributed by atoms with E-state index in [9.17, 15) is 0 Å². The fourth-order valence-corrected chi connectivity index (χ4v) is 2.43. The van der Waals surface area contributed by atoms with Gasteiger partial charge in [0.15, 0.2) is 0 Å². The van der Waals surface area contributed by atoms with E-state index in [0.29, 0.717) is 10.0 Å². The number of benzene rings is 2. The van der Waals surface area contributed by atoms with E-state index in [1.165, 1.54) is 0 Å². The van der Waals surface area contributed by atoms with Gasteiger partial charge in [-0.25, -0.2) is 0 Å². The quantitative estimate of drug-likeness (QED) is 0.702. The van der Waals surface area contributed by atoms with E-state index in [2.05, 4.69) is 10.2 Å². The number of nitrogens with zero attached hydrogens (tertiary/aromatic N) is 1. The maximum absolute atomic E-state index is 6.19. The van der Waals surface area contributed by atoms with E-state index < -0.39 is 0 Å². The van der Waals surface area contributed by atoms with Crippen LogP contribution in [-0.4, -0.2) is 10.2 Å². The average Bonchev–Trinajstić information content (AvgIpc) is 2.89. The lowest BCUT2D eigenvalue weighted by atomic mass is 10.1. The zero-order chi connectivity index (χ0) is 13.2. The summed E-state index contributed by atoms with van der Waals surface area (Å²) in [5.41, 5.74) is 3.72. The summed E-state index contributed by atoms with van der Waals surface area (Å²) in [6.45, 7) is 0. The molecular weight excluding hydrogens is 279 g/mol. The molecule has 1 heterocycles. The summed E-state index contributed by atoms with van der Waals surface area (Å²) >= 11 is 12.1. The Morgan fingerprint density at radius 1 is 0.895 bits per heavy atom. The van der Waals surface area contributed by atoms with Crippen molar-refractivity contribution in [2.75, 3.05) is 0 Å². The lowest BCUT2D eigenvalue weighted by molar-refractivity contribution is 1.10. The molecule has 2 aromatic carbocycles. The number of hydrogen-bond donors (Lipinski definition) is 1. The third-order valence-electron chi connectivity index (χ3n) is 2.87. The molecule has 4 heteroatoms. The lowest BCUT2D eigenvalue weighted by Crippen LogP contribution is -1.79. The second-order valence-electron chi connectivity index (χ2n) is 4.16. The number of rotatable bonds is 2. The summed E-state index contributed by atoms with van der Waals surface area (Å²) in [7, 11) is 0. The van der Waals surface area contributed by atoms with Crippen LogP contribution in [0, 0.1) is 0 Å². The molecular formula is C15H10Cl2N2. The Morgan fingerprint density at radius 3 is 2.42 bits per heavy atom. The standard InChI is InChI=1S/C15H10Cl2N2/c16-11-6-7-12(13(17)8-11)15-9-14(18-19-15)10-4-2-1-3-5-10/h1-9H,(H,18,19). The van der Waals surface area contributed by atoms with Crippen molar-refractivity contribution in [3.63, 3.8) is 0 Å². The highest BCUT2D eigenvalue weighted by Gasteiger charge is 2.08. The molecule has 0 saturated carbocycles. The van der Waals surface area contributed by atoms with Crippen LogP contribution in [0.3, 0.4) is 0 Å². The highest BCUT2D eigenvalue weighted by molar-refractivity contribution is 6.36. The highest BCUT2D eigenvalue weighted by Crippen LogP contribution is 2.31. The van der Waals surface area contributed by atoms with Gasteiger partial charge in [-0.3, -0.25) is 5.10 Å². The molecule has 3 aromatic rings. The van der Waals surface area contributed by atoms with Gasteiger partial charge in [0.05, 0.1) is 16.4 Å². The number of halogens is 2. The van der Waals surface area contributed by atoms with Gasteiger partial charge in [0.2, 0.25) is 0 Å². The summed E-state index contributed by atoms with van der Waals surface area (Å²) < 4.78 is 0. The Labute approximate surface area is 121 Å². The number of aromatic nitrogens is 2. The zero-order valence-electron chi connectivity index (χ0n) is 9.90. The van der Waals surface area contributed by atoms with Crippen LogP contribution in [0.2, 0.25) is 10.0 Å². The molecule has 1 aromatic heterocycles. The maximum atomic E-state index is 6.19. The van der Waals surface area contributed by atoms with Crippen LogP contribution < -0.4 is 0 Å². The first-order valence-corrected chi connectivity index (χ1v) is 6.56. The minimum atomic E-state index is 0.607. The topological polar surface area (TPSA) is 28.7 Å². The summed E-state index contributed by atoms with van der Waals surface area (Å²) in [6.07, 6.45) is 0. The van der Waals surface area contributed by atoms with Gasteiger partial charge >= 0.3 is 0 Å². The fourth-order valence-electron chi connectivity index (χ4n) is 1.92. The van der Waals surface area contributed by atoms with Gasteiger partial charge in [-0.1, -0.05) is 53.5 Å². The third kappa shape index (κ3) is 2.50. The number of nitrogens with one attached hydrogen (secondary N) is 1. The summed E-state index contributed by atoms with van der Waals surface area (Å²) in [4.78, 5) is 0. The SMILES string of the molecule is Clc1ccc(-c2cc(-c3ccccc3)n[nH]2)c(Cl)c1. The van der Waals surface area contributed by atoms with E-state index in [4.69, 9.17) is 23.2 Å². The molecule has 0 atom stereocenters. The van der Waals surface area contributed by atoms with Gasteiger partial charge in [-0.05, 0) is 24.3 Å². The molecule has 0 aliphatic carbocycles. The molecule has 0 spiro atoms. The van der Waals surface area contributed by atoms with Crippen molar-refractivity contribution in [3.8, 4) is 22.5 Å². The van der Waals surface area contributed by atoms with Crippen molar-refractivity contribution in [1.29, 1.82) is 0 Å². The van der Waals surface area contributed by atoms with E-state index in [0.717, 1.165) is 22.5 Å². The van der Waals surface area contributed by atoms with Crippen LogP contribution in [0.25, 0.3) is 22.5 Å². The molecule has 0 bridgehead atoms. The summed E-state index contributed by atoms with van der Waals surface area (Å²) in [5, 5.41) is 8.54. The lowest BCUT2D eigenvalue weighted by Gasteiger charge is -2.00. The van der Waals surface area contributed by atoms with E-state index >= 15 is 0 Å². The fraction of sp³-hybridized carbons (Fsp3) is 0. The maximum Gasteiger partial charge on any atom is 0.0927 e. The highest BCUT2D eigenvalue weighted by atomic mass is 35.5. The molecule has 1 N–H and O–H groups in total. The van der Waals surface area contributed by atoms with Crippen molar-refractivity contribution in [2.24, 2.45) is 0 Å². The van der Waals surface area contributed by atoms with Crippen LogP contribution in [0.1, 0.15) is 0 Å². The molecule has 0 saturated heterocycles. The van der Waals surface area contributed by atoms with Gasteiger partial charge in [0, 0.05) is 16.1 Å². The van der Waals surface area contributed by atoms with E-state index in [-0.39, 0.29) is 0 Å². The van der Waals surface area contributed by atoms with Crippen molar-refractivity contribution >= 4 is 23.2 Å². The first-order valence-electron chi connectivity index (χ1n) is 5.80. The predicted octanol–water partition coefficient (Wildman–Crippen LogP) is 5.05. The number of H-pyrrole nitrogens is 1. The molecule has 0 amide bonds. The Hall–Kier alpha value is -1.77. The second kappa shape index (κ2) is 5.08. The predicted molar refractivity (Wildman–Crippen MR) is 79.5 cm³/mol. The molecule has 19 heavy (non-hydrogen) atoms. The first-order chi connectivity index (χ1) is 9.24. The van der Waals surface area contributed by atoms with Gasteiger partial charge in [-0.15, -0.1) is 0 Å². The molecule has 0 radical (unpaired) electrons. The van der Waals surface area contributed by atoms with E-state index in [1.807, 2.05) is 48.5 Å². The molecule has 0 unspecified atom stereocenters.